The van der Waals surface area contributed by atoms with Gasteiger partial charge >= 0.3 is 6.18 Å². The second kappa shape index (κ2) is 4.59. The molecule has 74 valence electrons. The van der Waals surface area contributed by atoms with Crippen molar-refractivity contribution in [3.63, 3.8) is 0 Å². The number of ether oxygens (including phenoxy) is 1. The van der Waals surface area contributed by atoms with Crippen LogP contribution in [0.3, 0.4) is 0 Å². The molecule has 0 heterocycles. The molecule has 2 atom stereocenters. The monoisotopic (exact) mass is 192 g/mol. The van der Waals surface area contributed by atoms with Crippen LogP contribution in [-0.2, 0) is 4.74 Å². The standard InChI is InChI=1S/C6H9F5O/c1-2-12-5(4(8)3-7)6(9,10)11/h4-5H,2-3H2,1H3. The van der Waals surface area contributed by atoms with E-state index in [1.807, 2.05) is 0 Å². The Morgan fingerprint density at radius 2 is 1.83 bits per heavy atom. The molecule has 0 aromatic heterocycles. The third-order valence-electron chi connectivity index (χ3n) is 1.14. The lowest BCUT2D eigenvalue weighted by Gasteiger charge is -2.21. The Morgan fingerprint density at radius 3 is 2.08 bits per heavy atom. The van der Waals surface area contributed by atoms with Gasteiger partial charge < -0.3 is 4.74 Å². The predicted molar refractivity (Wildman–Crippen MR) is 32.3 cm³/mol. The molecule has 0 aromatic carbocycles. The third-order valence-corrected chi connectivity index (χ3v) is 1.14. The van der Waals surface area contributed by atoms with Crippen LogP contribution >= 0.6 is 0 Å². The van der Waals surface area contributed by atoms with E-state index in [1.54, 1.807) is 0 Å². The lowest BCUT2D eigenvalue weighted by Crippen LogP contribution is -2.41. The van der Waals surface area contributed by atoms with E-state index in [4.69, 9.17) is 0 Å². The number of rotatable bonds is 4. The van der Waals surface area contributed by atoms with E-state index in [9.17, 15) is 22.0 Å². The number of hydrogen-bond donors (Lipinski definition) is 0. The molecule has 0 aliphatic rings. The molecule has 0 N–H and O–H groups in total. The van der Waals surface area contributed by atoms with E-state index in [1.165, 1.54) is 6.92 Å². The highest BCUT2D eigenvalue weighted by Gasteiger charge is 2.46. The van der Waals surface area contributed by atoms with Gasteiger partial charge in [0.25, 0.3) is 0 Å². The summed E-state index contributed by atoms with van der Waals surface area (Å²) < 4.78 is 63.3. The predicted octanol–water partition coefficient (Wildman–Crippen LogP) is 2.26. The fourth-order valence-electron chi connectivity index (χ4n) is 0.664. The van der Waals surface area contributed by atoms with Gasteiger partial charge in [-0.25, -0.2) is 8.78 Å². The first kappa shape index (κ1) is 11.6. The van der Waals surface area contributed by atoms with Gasteiger partial charge in [-0.05, 0) is 6.92 Å². The summed E-state index contributed by atoms with van der Waals surface area (Å²) in [5.74, 6) is 0. The molecule has 0 saturated carbocycles. The Hall–Kier alpha value is -0.390. The molecule has 0 saturated heterocycles. The minimum atomic E-state index is -4.85. The van der Waals surface area contributed by atoms with Gasteiger partial charge in [-0.15, -0.1) is 0 Å². The summed E-state index contributed by atoms with van der Waals surface area (Å²) in [5.41, 5.74) is 0. The molecule has 0 amide bonds. The van der Waals surface area contributed by atoms with E-state index in [0.717, 1.165) is 0 Å². The molecule has 12 heavy (non-hydrogen) atoms. The fourth-order valence-corrected chi connectivity index (χ4v) is 0.664. The zero-order chi connectivity index (χ0) is 9.78. The van der Waals surface area contributed by atoms with Crippen molar-refractivity contribution in [2.24, 2.45) is 0 Å². The molecule has 0 fully saturated rings. The highest BCUT2D eigenvalue weighted by molar-refractivity contribution is 4.76. The van der Waals surface area contributed by atoms with E-state index in [0.29, 0.717) is 0 Å². The van der Waals surface area contributed by atoms with Crippen molar-refractivity contribution < 1.29 is 26.7 Å². The first-order valence-corrected chi connectivity index (χ1v) is 3.31. The average Bonchev–Trinajstić information content (AvgIpc) is 1.96. The van der Waals surface area contributed by atoms with Gasteiger partial charge in [0.05, 0.1) is 0 Å². The molecular weight excluding hydrogens is 183 g/mol. The second-order valence-corrected chi connectivity index (χ2v) is 2.09. The van der Waals surface area contributed by atoms with Crippen LogP contribution in [0.1, 0.15) is 6.92 Å². The maximum absolute atomic E-state index is 12.3. The first-order valence-electron chi connectivity index (χ1n) is 3.31. The van der Waals surface area contributed by atoms with Crippen molar-refractivity contribution in [3.05, 3.63) is 0 Å². The lowest BCUT2D eigenvalue weighted by molar-refractivity contribution is -0.237. The zero-order valence-electron chi connectivity index (χ0n) is 6.37. The molecule has 0 aromatic rings. The Bertz CT molecular complexity index is 124. The molecule has 0 bridgehead atoms. The van der Waals surface area contributed by atoms with E-state index >= 15 is 0 Å². The molecular formula is C6H9F5O. The third kappa shape index (κ3) is 3.34. The SMILES string of the molecule is CCOC(C(F)CF)C(F)(F)F. The van der Waals surface area contributed by atoms with Gasteiger partial charge in [0.1, 0.15) is 6.67 Å². The van der Waals surface area contributed by atoms with Gasteiger partial charge in [0, 0.05) is 6.61 Å². The van der Waals surface area contributed by atoms with Gasteiger partial charge in [0.15, 0.2) is 12.3 Å². The Morgan fingerprint density at radius 1 is 1.33 bits per heavy atom. The van der Waals surface area contributed by atoms with Crippen LogP contribution in [0.4, 0.5) is 22.0 Å². The summed E-state index contributed by atoms with van der Waals surface area (Å²) >= 11 is 0. The largest absolute Gasteiger partial charge is 0.417 e. The molecule has 0 radical (unpaired) electrons. The van der Waals surface area contributed by atoms with Gasteiger partial charge in [-0.3, -0.25) is 0 Å². The van der Waals surface area contributed by atoms with Crippen LogP contribution in [0.25, 0.3) is 0 Å². The molecule has 1 nitrogen and oxygen atoms in total. The molecule has 0 aliphatic carbocycles. The van der Waals surface area contributed by atoms with Crippen molar-refractivity contribution >= 4 is 0 Å². The number of halogens is 5. The summed E-state index contributed by atoms with van der Waals surface area (Å²) in [5, 5.41) is 0. The maximum Gasteiger partial charge on any atom is 0.417 e. The van der Waals surface area contributed by atoms with Crippen molar-refractivity contribution in [2.45, 2.75) is 25.4 Å². The van der Waals surface area contributed by atoms with Crippen LogP contribution in [-0.4, -0.2) is 31.7 Å². The van der Waals surface area contributed by atoms with Crippen LogP contribution < -0.4 is 0 Å². The van der Waals surface area contributed by atoms with E-state index < -0.39 is 25.1 Å². The summed E-state index contributed by atoms with van der Waals surface area (Å²) in [6.45, 7) is -0.710. The van der Waals surface area contributed by atoms with Crippen molar-refractivity contribution in [1.29, 1.82) is 0 Å². The van der Waals surface area contributed by atoms with Crippen LogP contribution in [0.5, 0.6) is 0 Å². The van der Waals surface area contributed by atoms with Crippen molar-refractivity contribution in [2.75, 3.05) is 13.3 Å². The molecule has 2 unspecified atom stereocenters. The normalized spacial score (nSPS) is 17.5. The highest BCUT2D eigenvalue weighted by Crippen LogP contribution is 2.27. The van der Waals surface area contributed by atoms with Gasteiger partial charge in [-0.2, -0.15) is 13.2 Å². The van der Waals surface area contributed by atoms with Crippen LogP contribution in [0.2, 0.25) is 0 Å². The minimum Gasteiger partial charge on any atom is -0.366 e. The van der Waals surface area contributed by atoms with Crippen LogP contribution in [0.15, 0.2) is 0 Å². The van der Waals surface area contributed by atoms with E-state index in [-0.39, 0.29) is 6.61 Å². The summed E-state index contributed by atoms with van der Waals surface area (Å²) in [7, 11) is 0. The van der Waals surface area contributed by atoms with Crippen LogP contribution in [0, 0.1) is 0 Å². The zero-order valence-corrected chi connectivity index (χ0v) is 6.37. The van der Waals surface area contributed by atoms with Crippen molar-refractivity contribution in [1.82, 2.24) is 0 Å². The van der Waals surface area contributed by atoms with Crippen molar-refractivity contribution in [3.8, 4) is 0 Å². The highest BCUT2D eigenvalue weighted by atomic mass is 19.4. The quantitative estimate of drug-likeness (QED) is 0.621. The molecule has 6 heteroatoms. The molecule has 0 rings (SSSR count). The maximum atomic E-state index is 12.3. The fraction of sp³-hybridized carbons (Fsp3) is 1.00. The molecule has 0 aliphatic heterocycles. The van der Waals surface area contributed by atoms with Gasteiger partial charge in [-0.1, -0.05) is 0 Å². The molecule has 0 spiro atoms. The van der Waals surface area contributed by atoms with E-state index in [2.05, 4.69) is 4.74 Å². The lowest BCUT2D eigenvalue weighted by atomic mass is 10.2. The Balaban J connectivity index is 4.22. The Labute approximate surface area is 66.5 Å². The summed E-state index contributed by atoms with van der Waals surface area (Å²) in [4.78, 5) is 0. The second-order valence-electron chi connectivity index (χ2n) is 2.09. The Kier molecular flexibility index (Phi) is 4.44. The summed E-state index contributed by atoms with van der Waals surface area (Å²) in [6.07, 6.45) is -10.1. The van der Waals surface area contributed by atoms with Gasteiger partial charge in [0.2, 0.25) is 0 Å². The average molecular weight is 192 g/mol. The number of hydrogen-bond acceptors (Lipinski definition) is 1. The smallest absolute Gasteiger partial charge is 0.366 e. The summed E-state index contributed by atoms with van der Waals surface area (Å²) in [6, 6.07) is 0. The number of alkyl halides is 5. The first-order chi connectivity index (χ1) is 5.43. The minimum absolute atomic E-state index is 0.301. The topological polar surface area (TPSA) is 9.23 Å².